The number of hydrogen-bond donors (Lipinski definition) is 1. The SMILES string of the molecule is C1=CC(C23CC4CC(CP(C4)C2)C3)=NNN=C1. The van der Waals surface area contributed by atoms with Crippen LogP contribution in [0, 0.1) is 17.3 Å². The van der Waals surface area contributed by atoms with Crippen LogP contribution in [0.1, 0.15) is 19.3 Å². The van der Waals surface area contributed by atoms with E-state index in [1.807, 2.05) is 6.08 Å². The first kappa shape index (κ1) is 10.3. The Balaban J connectivity index is 1.70. The first-order valence-corrected chi connectivity index (χ1v) is 8.49. The maximum Gasteiger partial charge on any atom is 0.0689 e. The average molecular weight is 247 g/mol. The van der Waals surface area contributed by atoms with Gasteiger partial charge in [-0.2, -0.15) is 15.7 Å². The van der Waals surface area contributed by atoms with Gasteiger partial charge in [0.2, 0.25) is 0 Å². The molecule has 4 heteroatoms. The van der Waals surface area contributed by atoms with E-state index in [9.17, 15) is 0 Å². The van der Waals surface area contributed by atoms with Gasteiger partial charge in [0.15, 0.2) is 0 Å². The number of rotatable bonds is 1. The highest BCUT2D eigenvalue weighted by atomic mass is 31.1. The number of hydrogen-bond acceptors (Lipinski definition) is 3. The summed E-state index contributed by atoms with van der Waals surface area (Å²) in [6.45, 7) is 0. The van der Waals surface area contributed by atoms with Gasteiger partial charge in [0, 0.05) is 11.6 Å². The number of allylic oxidation sites excluding steroid dienone is 2. The normalized spacial score (nSPS) is 46.6. The van der Waals surface area contributed by atoms with Crippen molar-refractivity contribution in [2.45, 2.75) is 19.3 Å². The summed E-state index contributed by atoms with van der Waals surface area (Å²) in [6.07, 6.45) is 14.8. The molecule has 1 N–H and O–H groups in total. The van der Waals surface area contributed by atoms with Gasteiger partial charge in [-0.3, -0.25) is 0 Å². The van der Waals surface area contributed by atoms with E-state index in [1.165, 1.54) is 31.1 Å². The molecule has 0 spiro atoms. The molecule has 0 aromatic carbocycles. The van der Waals surface area contributed by atoms with E-state index in [2.05, 4.69) is 21.8 Å². The second-order valence-corrected chi connectivity index (χ2v) is 8.47. The van der Waals surface area contributed by atoms with Crippen LogP contribution in [0.3, 0.4) is 0 Å². The summed E-state index contributed by atoms with van der Waals surface area (Å²) in [4.78, 5) is 0. The molecule has 4 bridgehead atoms. The molecule has 0 aromatic rings. The van der Waals surface area contributed by atoms with E-state index in [0.717, 1.165) is 11.8 Å². The van der Waals surface area contributed by atoms with Gasteiger partial charge in [0.25, 0.3) is 0 Å². The first-order chi connectivity index (χ1) is 8.34. The minimum atomic E-state index is 0.323. The molecule has 0 amide bonds. The van der Waals surface area contributed by atoms with Crippen LogP contribution in [-0.2, 0) is 0 Å². The minimum Gasteiger partial charge on any atom is -0.198 e. The molecule has 0 radical (unpaired) electrons. The third-order valence-corrected chi connectivity index (χ3v) is 7.89. The predicted molar refractivity (Wildman–Crippen MR) is 73.0 cm³/mol. The number of nitrogens with zero attached hydrogens (tertiary/aromatic N) is 2. The highest BCUT2D eigenvalue weighted by molar-refractivity contribution is 7.58. The highest BCUT2D eigenvalue weighted by Gasteiger charge is 2.52. The fourth-order valence-corrected chi connectivity index (χ4v) is 8.21. The molecule has 2 atom stereocenters. The molecule has 4 heterocycles. The van der Waals surface area contributed by atoms with E-state index in [-0.39, 0.29) is 0 Å². The van der Waals surface area contributed by atoms with E-state index in [4.69, 9.17) is 0 Å². The Morgan fingerprint density at radius 3 is 2.88 bits per heavy atom. The molecule has 5 aliphatic rings. The Bertz CT molecular complexity index is 389. The summed E-state index contributed by atoms with van der Waals surface area (Å²) in [6, 6.07) is 0. The van der Waals surface area contributed by atoms with Gasteiger partial charge in [-0.05, 0) is 61.7 Å². The summed E-state index contributed by atoms with van der Waals surface area (Å²) < 4.78 is 0. The zero-order valence-electron chi connectivity index (χ0n) is 9.97. The Labute approximate surface area is 103 Å². The van der Waals surface area contributed by atoms with E-state index in [0.29, 0.717) is 13.3 Å². The first-order valence-electron chi connectivity index (χ1n) is 6.59. The molecule has 5 rings (SSSR count). The standard InChI is InChI=1S/C13H18N3P/c1-2-12(15-16-14-3-1)13-5-10-4-11(6-13)8-17(7-10)9-13/h1-3,10-11,16H,4-9H2. The summed E-state index contributed by atoms with van der Waals surface area (Å²) in [5.41, 5.74) is 4.51. The highest BCUT2D eigenvalue weighted by Crippen LogP contribution is 2.65. The van der Waals surface area contributed by atoms with Crippen LogP contribution < -0.4 is 5.53 Å². The van der Waals surface area contributed by atoms with Crippen molar-refractivity contribution in [2.24, 2.45) is 27.5 Å². The molecule has 90 valence electrons. The van der Waals surface area contributed by atoms with Gasteiger partial charge >= 0.3 is 0 Å². The fourth-order valence-electron chi connectivity index (χ4n) is 4.51. The number of hydrazone groups is 2. The second kappa shape index (κ2) is 3.65. The van der Waals surface area contributed by atoms with Crippen molar-refractivity contribution in [3.8, 4) is 0 Å². The van der Waals surface area contributed by atoms with Crippen molar-refractivity contribution >= 4 is 19.8 Å². The summed E-state index contributed by atoms with van der Waals surface area (Å²) in [5.74, 6) is 2.00. The molecule has 4 fully saturated rings. The van der Waals surface area contributed by atoms with Crippen molar-refractivity contribution in [3.63, 3.8) is 0 Å². The maximum atomic E-state index is 4.51. The molecule has 1 aliphatic carbocycles. The molecule has 4 aliphatic heterocycles. The van der Waals surface area contributed by atoms with Crippen LogP contribution in [0.15, 0.2) is 22.4 Å². The van der Waals surface area contributed by atoms with Crippen LogP contribution in [-0.4, -0.2) is 30.4 Å². The van der Waals surface area contributed by atoms with Crippen LogP contribution in [0.5, 0.6) is 0 Å². The lowest BCUT2D eigenvalue weighted by atomic mass is 9.64. The van der Waals surface area contributed by atoms with Crippen LogP contribution in [0.4, 0.5) is 0 Å². The molecule has 1 saturated carbocycles. The van der Waals surface area contributed by atoms with Crippen molar-refractivity contribution < 1.29 is 0 Å². The van der Waals surface area contributed by atoms with Gasteiger partial charge in [0.1, 0.15) is 0 Å². The third kappa shape index (κ3) is 1.59. The van der Waals surface area contributed by atoms with Gasteiger partial charge in [-0.1, -0.05) is 0 Å². The summed E-state index contributed by atoms with van der Waals surface area (Å²) >= 11 is 0. The van der Waals surface area contributed by atoms with Crippen molar-refractivity contribution in [3.05, 3.63) is 12.2 Å². The lowest BCUT2D eigenvalue weighted by Gasteiger charge is -2.56. The molecule has 3 nitrogen and oxygen atoms in total. The molecule has 2 unspecified atom stereocenters. The fraction of sp³-hybridized carbons (Fsp3) is 0.692. The van der Waals surface area contributed by atoms with Gasteiger partial charge in [-0.15, -0.1) is 7.92 Å². The van der Waals surface area contributed by atoms with Crippen LogP contribution in [0.25, 0.3) is 0 Å². The zero-order valence-corrected chi connectivity index (χ0v) is 10.9. The topological polar surface area (TPSA) is 36.8 Å². The van der Waals surface area contributed by atoms with Crippen LogP contribution >= 0.6 is 7.92 Å². The Hall–Kier alpha value is -0.690. The zero-order chi connectivity index (χ0) is 11.3. The monoisotopic (exact) mass is 247 g/mol. The largest absolute Gasteiger partial charge is 0.198 e. The molecule has 17 heavy (non-hydrogen) atoms. The Morgan fingerprint density at radius 2 is 2.12 bits per heavy atom. The van der Waals surface area contributed by atoms with E-state index < -0.39 is 0 Å². The summed E-state index contributed by atoms with van der Waals surface area (Å²) in [5, 5.41) is 8.51. The molecule has 0 aromatic heterocycles. The quantitative estimate of drug-likeness (QED) is 0.710. The van der Waals surface area contributed by atoms with E-state index >= 15 is 0 Å². The lowest BCUT2D eigenvalue weighted by Crippen LogP contribution is -2.50. The smallest absolute Gasteiger partial charge is 0.0689 e. The second-order valence-electron chi connectivity index (χ2n) is 6.08. The van der Waals surface area contributed by atoms with Crippen LogP contribution in [0.2, 0.25) is 0 Å². The summed E-state index contributed by atoms with van der Waals surface area (Å²) in [7, 11) is 0.323. The molecule has 3 saturated heterocycles. The van der Waals surface area contributed by atoms with Gasteiger partial charge < -0.3 is 0 Å². The maximum absolute atomic E-state index is 4.51. The van der Waals surface area contributed by atoms with Crippen molar-refractivity contribution in [1.82, 2.24) is 5.53 Å². The Kier molecular flexibility index (Phi) is 2.20. The predicted octanol–water partition coefficient (Wildman–Crippen LogP) is 2.40. The molecular weight excluding hydrogens is 229 g/mol. The molecular formula is C13H18N3P. The van der Waals surface area contributed by atoms with Crippen molar-refractivity contribution in [1.29, 1.82) is 0 Å². The average Bonchev–Trinajstić information content (AvgIpc) is 2.55. The third-order valence-electron chi connectivity index (χ3n) is 4.77. The van der Waals surface area contributed by atoms with Gasteiger partial charge in [-0.25, -0.2) is 0 Å². The minimum absolute atomic E-state index is 0.323. The lowest BCUT2D eigenvalue weighted by molar-refractivity contribution is 0.168. The van der Waals surface area contributed by atoms with E-state index in [1.54, 1.807) is 18.5 Å². The van der Waals surface area contributed by atoms with Crippen molar-refractivity contribution in [2.75, 3.05) is 18.5 Å². The van der Waals surface area contributed by atoms with Gasteiger partial charge in [0.05, 0.1) is 5.71 Å². The Morgan fingerprint density at radius 1 is 1.29 bits per heavy atom. The number of nitrogens with one attached hydrogen (secondary N) is 1.